The summed E-state index contributed by atoms with van der Waals surface area (Å²) in [6.45, 7) is 0. The van der Waals surface area contributed by atoms with Crippen molar-refractivity contribution in [2.45, 2.75) is 12.3 Å². The van der Waals surface area contributed by atoms with E-state index in [0.29, 0.717) is 16.3 Å². The molecule has 7 heteroatoms. The van der Waals surface area contributed by atoms with E-state index in [2.05, 4.69) is 16.2 Å². The van der Waals surface area contributed by atoms with Crippen LogP contribution >= 0.6 is 11.6 Å². The number of hydrazine groups is 1. The lowest BCUT2D eigenvalue weighted by molar-refractivity contribution is -0.126. The molecule has 0 aromatic heterocycles. The minimum atomic E-state index is -0.652. The first kappa shape index (κ1) is 16.0. The summed E-state index contributed by atoms with van der Waals surface area (Å²) in [6, 6.07) is 13.4. The number of nitrogens with one attached hydrogen (secondary N) is 3. The van der Waals surface area contributed by atoms with Crippen molar-refractivity contribution in [3.63, 3.8) is 0 Å². The lowest BCUT2D eigenvalue weighted by atomic mass is 9.90. The lowest BCUT2D eigenvalue weighted by Crippen LogP contribution is -2.45. The van der Waals surface area contributed by atoms with Crippen LogP contribution in [0.4, 0.5) is 5.69 Å². The molecule has 6 nitrogen and oxygen atoms in total. The zero-order valence-electron chi connectivity index (χ0n) is 12.5. The molecule has 3 rings (SSSR count). The Labute approximate surface area is 143 Å². The summed E-state index contributed by atoms with van der Waals surface area (Å²) in [5, 5.41) is 3.24. The standard InChI is InChI=1S/C17H14ClN3O3/c18-11-7-5-10(6-8-11)16(23)20-21-17(24)13-9-15(22)19-14-4-2-1-3-12(13)14/h1-8,13H,9H2,(H,19,22)(H,20,23)(H,21,24). The fourth-order valence-corrected chi connectivity index (χ4v) is 2.65. The van der Waals surface area contributed by atoms with E-state index in [-0.39, 0.29) is 12.3 Å². The first-order valence-corrected chi connectivity index (χ1v) is 7.67. The first-order chi connectivity index (χ1) is 11.5. The Hall–Kier alpha value is -2.86. The van der Waals surface area contributed by atoms with Crippen LogP contribution in [0.2, 0.25) is 5.02 Å². The Balaban J connectivity index is 1.68. The fourth-order valence-electron chi connectivity index (χ4n) is 2.52. The molecular formula is C17H14ClN3O3. The minimum Gasteiger partial charge on any atom is -0.326 e. The molecule has 1 unspecified atom stereocenters. The fraction of sp³-hybridized carbons (Fsp3) is 0.118. The topological polar surface area (TPSA) is 87.3 Å². The van der Waals surface area contributed by atoms with Gasteiger partial charge in [-0.1, -0.05) is 29.8 Å². The summed E-state index contributed by atoms with van der Waals surface area (Å²) in [4.78, 5) is 36.1. The maximum absolute atomic E-state index is 12.4. The van der Waals surface area contributed by atoms with Gasteiger partial charge in [0.05, 0.1) is 5.92 Å². The van der Waals surface area contributed by atoms with Crippen LogP contribution in [-0.2, 0) is 9.59 Å². The average Bonchev–Trinajstić information content (AvgIpc) is 2.59. The SMILES string of the molecule is O=C1CC(C(=O)NNC(=O)c2ccc(Cl)cc2)c2ccccc2N1. The number of amides is 3. The Morgan fingerprint density at radius 2 is 1.75 bits per heavy atom. The lowest BCUT2D eigenvalue weighted by Gasteiger charge is -2.24. The van der Waals surface area contributed by atoms with Gasteiger partial charge in [0.2, 0.25) is 11.8 Å². The number of carbonyl (C=O) groups is 3. The largest absolute Gasteiger partial charge is 0.326 e. The molecule has 3 amide bonds. The highest BCUT2D eigenvalue weighted by Crippen LogP contribution is 2.31. The highest BCUT2D eigenvalue weighted by molar-refractivity contribution is 6.30. The molecule has 3 N–H and O–H groups in total. The number of fused-ring (bicyclic) bond motifs is 1. The van der Waals surface area contributed by atoms with Crippen LogP contribution in [0.1, 0.15) is 28.3 Å². The van der Waals surface area contributed by atoms with Crippen molar-refractivity contribution in [1.82, 2.24) is 10.9 Å². The van der Waals surface area contributed by atoms with E-state index in [0.717, 1.165) is 5.56 Å². The van der Waals surface area contributed by atoms with Gasteiger partial charge in [0.1, 0.15) is 0 Å². The Morgan fingerprint density at radius 3 is 2.50 bits per heavy atom. The number of para-hydroxylation sites is 1. The molecule has 1 aliphatic rings. The van der Waals surface area contributed by atoms with Crippen LogP contribution in [0.25, 0.3) is 0 Å². The van der Waals surface area contributed by atoms with Crippen LogP contribution in [0, 0.1) is 0 Å². The van der Waals surface area contributed by atoms with E-state index >= 15 is 0 Å². The molecule has 1 heterocycles. The second kappa shape index (κ2) is 6.72. The zero-order chi connectivity index (χ0) is 17.1. The molecule has 2 aromatic rings. The molecule has 0 saturated heterocycles. The molecule has 24 heavy (non-hydrogen) atoms. The van der Waals surface area contributed by atoms with Crippen LogP contribution in [0.5, 0.6) is 0 Å². The number of benzene rings is 2. The van der Waals surface area contributed by atoms with Gasteiger partial charge in [0.25, 0.3) is 5.91 Å². The van der Waals surface area contributed by atoms with E-state index in [9.17, 15) is 14.4 Å². The highest BCUT2D eigenvalue weighted by Gasteiger charge is 2.30. The molecular weight excluding hydrogens is 330 g/mol. The van der Waals surface area contributed by atoms with Crippen molar-refractivity contribution in [1.29, 1.82) is 0 Å². The maximum atomic E-state index is 12.4. The number of carbonyl (C=O) groups excluding carboxylic acids is 3. The summed E-state index contributed by atoms with van der Waals surface area (Å²) >= 11 is 5.77. The van der Waals surface area contributed by atoms with Gasteiger partial charge in [0, 0.05) is 22.7 Å². The third-order valence-corrected chi connectivity index (χ3v) is 3.97. The Kier molecular flexibility index (Phi) is 4.48. The summed E-state index contributed by atoms with van der Waals surface area (Å²) in [5.74, 6) is -1.80. The van der Waals surface area contributed by atoms with Crippen LogP contribution in [0.15, 0.2) is 48.5 Å². The quantitative estimate of drug-likeness (QED) is 0.731. The van der Waals surface area contributed by atoms with Gasteiger partial charge in [0.15, 0.2) is 0 Å². The van der Waals surface area contributed by atoms with E-state index < -0.39 is 17.7 Å². The van der Waals surface area contributed by atoms with Gasteiger partial charge >= 0.3 is 0 Å². The van der Waals surface area contributed by atoms with Crippen molar-refractivity contribution in [3.05, 3.63) is 64.7 Å². The molecule has 2 aromatic carbocycles. The second-order valence-corrected chi connectivity index (χ2v) is 5.78. The monoisotopic (exact) mass is 343 g/mol. The van der Waals surface area contributed by atoms with Gasteiger partial charge < -0.3 is 5.32 Å². The van der Waals surface area contributed by atoms with Crippen molar-refractivity contribution in [2.75, 3.05) is 5.32 Å². The normalized spacial score (nSPS) is 15.9. The predicted octanol–water partition coefficient (Wildman–Crippen LogP) is 2.23. The van der Waals surface area contributed by atoms with Crippen molar-refractivity contribution >= 4 is 35.0 Å². The summed E-state index contributed by atoms with van der Waals surface area (Å²) < 4.78 is 0. The number of hydrogen-bond donors (Lipinski definition) is 3. The van der Waals surface area contributed by atoms with E-state index in [1.807, 2.05) is 0 Å². The molecule has 122 valence electrons. The third kappa shape index (κ3) is 3.38. The number of halogens is 1. The van der Waals surface area contributed by atoms with Gasteiger partial charge in [-0.15, -0.1) is 0 Å². The number of hydrogen-bond acceptors (Lipinski definition) is 3. The molecule has 1 aliphatic heterocycles. The second-order valence-electron chi connectivity index (χ2n) is 5.34. The molecule has 0 radical (unpaired) electrons. The molecule has 1 atom stereocenters. The summed E-state index contributed by atoms with van der Waals surface area (Å²) in [7, 11) is 0. The first-order valence-electron chi connectivity index (χ1n) is 7.29. The van der Waals surface area contributed by atoms with Gasteiger partial charge in [-0.25, -0.2) is 0 Å². The van der Waals surface area contributed by atoms with Crippen LogP contribution < -0.4 is 16.2 Å². The van der Waals surface area contributed by atoms with Gasteiger partial charge in [-0.05, 0) is 35.9 Å². The smallest absolute Gasteiger partial charge is 0.269 e. The highest BCUT2D eigenvalue weighted by atomic mass is 35.5. The molecule has 0 spiro atoms. The van der Waals surface area contributed by atoms with Crippen molar-refractivity contribution < 1.29 is 14.4 Å². The minimum absolute atomic E-state index is 0.0274. The van der Waals surface area contributed by atoms with Gasteiger partial charge in [-0.3, -0.25) is 25.2 Å². The van der Waals surface area contributed by atoms with E-state index in [1.54, 1.807) is 48.5 Å². The van der Waals surface area contributed by atoms with Crippen molar-refractivity contribution in [2.24, 2.45) is 0 Å². The summed E-state index contributed by atoms with van der Waals surface area (Å²) in [5.41, 5.74) is 6.41. The molecule has 0 bridgehead atoms. The van der Waals surface area contributed by atoms with Crippen LogP contribution in [-0.4, -0.2) is 17.7 Å². The Bertz CT molecular complexity index is 805. The zero-order valence-corrected chi connectivity index (χ0v) is 13.3. The maximum Gasteiger partial charge on any atom is 0.269 e. The van der Waals surface area contributed by atoms with Crippen molar-refractivity contribution in [3.8, 4) is 0 Å². The molecule has 0 saturated carbocycles. The predicted molar refractivity (Wildman–Crippen MR) is 89.5 cm³/mol. The molecule has 0 fully saturated rings. The summed E-state index contributed by atoms with van der Waals surface area (Å²) in [6.07, 6.45) is 0.0274. The van der Waals surface area contributed by atoms with Crippen LogP contribution in [0.3, 0.4) is 0 Å². The number of rotatable bonds is 2. The van der Waals surface area contributed by atoms with Gasteiger partial charge in [-0.2, -0.15) is 0 Å². The Morgan fingerprint density at radius 1 is 1.04 bits per heavy atom. The number of anilines is 1. The average molecular weight is 344 g/mol. The third-order valence-electron chi connectivity index (χ3n) is 3.72. The van der Waals surface area contributed by atoms with E-state index in [1.165, 1.54) is 0 Å². The molecule has 0 aliphatic carbocycles. The van der Waals surface area contributed by atoms with E-state index in [4.69, 9.17) is 11.6 Å².